The maximum atomic E-state index is 9.33. The summed E-state index contributed by atoms with van der Waals surface area (Å²) < 4.78 is 9.33. The topological polar surface area (TPSA) is 57.5 Å². The molecule has 0 spiro atoms. The molecule has 0 aromatic carbocycles. The molecule has 0 aliphatic heterocycles. The normalized spacial score (nSPS) is 8.29. The summed E-state index contributed by atoms with van der Waals surface area (Å²) in [6.45, 7) is 0. The molecular weight excluding hydrogens is 179 g/mol. The fourth-order valence-electron chi connectivity index (χ4n) is 0. The third-order valence-electron chi connectivity index (χ3n) is 0. The second-order valence-corrected chi connectivity index (χ2v) is 2.51. The molecule has 0 fully saturated rings. The average molecular weight is 186 g/mol. The van der Waals surface area contributed by atoms with Crippen molar-refractivity contribution in [1.29, 1.82) is 0 Å². The van der Waals surface area contributed by atoms with E-state index >= 15 is 0 Å². The first-order valence-corrected chi connectivity index (χ1v) is 3.09. The first-order chi connectivity index (χ1) is 2.00. The van der Waals surface area contributed by atoms with Gasteiger partial charge < -0.3 is 9.79 Å². The van der Waals surface area contributed by atoms with Crippen LogP contribution in [0.2, 0.25) is 0 Å². The molecule has 0 radical (unpaired) electrons. The van der Waals surface area contributed by atoms with Gasteiger partial charge in [0.2, 0.25) is 0 Å². The van der Waals surface area contributed by atoms with E-state index < -0.39 is 7.47 Å². The van der Waals surface area contributed by atoms with Gasteiger partial charge in [0.15, 0.2) is 0 Å². The molecule has 0 aliphatic rings. The summed E-state index contributed by atoms with van der Waals surface area (Å²) in [6.07, 6.45) is 0. The van der Waals surface area contributed by atoms with Crippen LogP contribution in [0.3, 0.4) is 0 Å². The Morgan fingerprint density at radius 3 is 1.43 bits per heavy atom. The van der Waals surface area contributed by atoms with Crippen LogP contribution < -0.4 is 0 Å². The smallest absolute Gasteiger partial charge is 0.316 e. The molecule has 0 unspecified atom stereocenters. The molecule has 0 saturated carbocycles. The van der Waals surface area contributed by atoms with Crippen LogP contribution in [-0.2, 0) is 24.0 Å². The molecule has 7 heavy (non-hydrogen) atoms. The molecule has 0 aromatic rings. The van der Waals surface area contributed by atoms with Crippen LogP contribution in [0, 0.1) is 0 Å². The van der Waals surface area contributed by atoms with E-state index in [9.17, 15) is 4.57 Å². The molecule has 0 saturated heterocycles. The summed E-state index contributed by atoms with van der Waals surface area (Å²) in [7, 11) is -2.78. The molecular formula is H6BMgO3PZn. The molecule has 0 atom stereocenters. The Morgan fingerprint density at radius 2 is 1.43 bits per heavy atom. The van der Waals surface area contributed by atoms with E-state index in [1.54, 1.807) is 0 Å². The van der Waals surface area contributed by atoms with Crippen molar-refractivity contribution in [1.82, 2.24) is 0 Å². The molecule has 0 aliphatic carbocycles. The molecule has 36 valence electrons. The molecule has 2 N–H and O–H groups in total. The van der Waals surface area contributed by atoms with Gasteiger partial charge in [0.05, 0.1) is 0 Å². The summed E-state index contributed by atoms with van der Waals surface area (Å²) >= 11 is 0. The van der Waals surface area contributed by atoms with Crippen molar-refractivity contribution in [2.45, 2.75) is 0 Å². The predicted octanol–water partition coefficient (Wildman–Crippen LogP) is -2.21. The molecule has 0 bridgehead atoms. The van der Waals surface area contributed by atoms with Gasteiger partial charge in [-0.2, -0.15) is 0 Å². The van der Waals surface area contributed by atoms with Crippen LogP contribution in [0.5, 0.6) is 0 Å². The Bertz CT molecular complexity index is 61.1. The van der Waals surface area contributed by atoms with E-state index in [4.69, 9.17) is 9.79 Å². The zero-order valence-corrected chi connectivity index (χ0v) is 7.32. The van der Waals surface area contributed by atoms with E-state index in [1.807, 2.05) is 0 Å². The van der Waals surface area contributed by atoms with Crippen LogP contribution >= 0.6 is 7.47 Å². The summed E-state index contributed by atoms with van der Waals surface area (Å²) in [5.74, 6) is 0. The van der Waals surface area contributed by atoms with Crippen molar-refractivity contribution in [3.05, 3.63) is 0 Å². The van der Waals surface area contributed by atoms with Gasteiger partial charge in [-0.05, 0) is 0 Å². The maximum Gasteiger partial charge on any atom is 0.316 e. The minimum atomic E-state index is -3.64. The third-order valence-corrected chi connectivity index (χ3v) is 0. The third kappa shape index (κ3) is 92.8. The Hall–Kier alpha value is 1.60. The second kappa shape index (κ2) is 5.74. The first-order valence-electron chi connectivity index (χ1n) is 1.03. The van der Waals surface area contributed by atoms with Crippen LogP contribution in [0.4, 0.5) is 0 Å². The standard InChI is InChI=1S/BH4O3P.Mg.Zn.2H/c1-5(2,3)4;;;;/h1H2,(H2,2,3,4);;;;. The quantitative estimate of drug-likeness (QED) is 0.333. The summed E-state index contributed by atoms with van der Waals surface area (Å²) in [6, 6.07) is 0. The van der Waals surface area contributed by atoms with Gasteiger partial charge in [-0.3, -0.25) is 4.57 Å². The van der Waals surface area contributed by atoms with Crippen molar-refractivity contribution in [2.24, 2.45) is 0 Å². The second-order valence-electron chi connectivity index (χ2n) is 0.835. The van der Waals surface area contributed by atoms with Gasteiger partial charge in [-0.1, -0.05) is 0 Å². The van der Waals surface area contributed by atoms with Gasteiger partial charge >= 0.3 is 23.1 Å². The van der Waals surface area contributed by atoms with Crippen molar-refractivity contribution < 1.29 is 33.8 Å². The molecule has 0 heterocycles. The van der Waals surface area contributed by atoms with Crippen LogP contribution in [0.1, 0.15) is 0 Å². The molecule has 0 aromatic heterocycles. The number of hydrogen-bond donors (Lipinski definition) is 2. The summed E-state index contributed by atoms with van der Waals surface area (Å²) in [5.41, 5.74) is 0. The molecule has 0 rings (SSSR count). The Labute approximate surface area is 71.7 Å². The monoisotopic (exact) mass is 184 g/mol. The van der Waals surface area contributed by atoms with Crippen molar-refractivity contribution >= 4 is 38.1 Å². The van der Waals surface area contributed by atoms with E-state index in [-0.39, 0.29) is 42.5 Å². The minimum Gasteiger partial charge on any atom is -0.333 e. The van der Waals surface area contributed by atoms with Gasteiger partial charge in [0.1, 0.15) is 0 Å². The summed E-state index contributed by atoms with van der Waals surface area (Å²) in [4.78, 5) is 15.3. The van der Waals surface area contributed by atoms with Gasteiger partial charge in [-0.25, -0.2) is 0 Å². The van der Waals surface area contributed by atoms with Gasteiger partial charge in [0, 0.05) is 19.5 Å². The predicted molar refractivity (Wildman–Crippen MR) is 29.1 cm³/mol. The zero-order valence-electron chi connectivity index (χ0n) is 3.46. The van der Waals surface area contributed by atoms with E-state index in [2.05, 4.69) is 0 Å². The Kier molecular flexibility index (Phi) is 13.0. The Morgan fingerprint density at radius 1 is 1.43 bits per heavy atom. The zero-order chi connectivity index (χ0) is 4.50. The van der Waals surface area contributed by atoms with Crippen molar-refractivity contribution in [2.75, 3.05) is 0 Å². The molecule has 0 amide bonds. The fourth-order valence-corrected chi connectivity index (χ4v) is 0. The fraction of sp³-hybridized carbons (Fsp3) is 0. The SMILES string of the molecule is BP(=O)(O)O.[MgH2].[Zn]. The molecule has 3 nitrogen and oxygen atoms in total. The Balaban J connectivity index is -0.0000000800. The minimum absolute atomic E-state index is 0. The van der Waals surface area contributed by atoms with Crippen molar-refractivity contribution in [3.63, 3.8) is 0 Å². The molecule has 7 heteroatoms. The van der Waals surface area contributed by atoms with E-state index in [1.165, 1.54) is 0 Å². The number of rotatable bonds is 0. The first kappa shape index (κ1) is 15.8. The van der Waals surface area contributed by atoms with Crippen LogP contribution in [-0.4, -0.2) is 40.4 Å². The van der Waals surface area contributed by atoms with Crippen LogP contribution in [0.15, 0.2) is 0 Å². The van der Waals surface area contributed by atoms with Gasteiger partial charge in [-0.15, -0.1) is 0 Å². The van der Waals surface area contributed by atoms with Crippen molar-refractivity contribution in [3.8, 4) is 0 Å². The van der Waals surface area contributed by atoms with E-state index in [0.717, 1.165) is 7.57 Å². The average Bonchev–Trinajstić information content (AvgIpc) is 0.722. The maximum absolute atomic E-state index is 9.33. The summed E-state index contributed by atoms with van der Waals surface area (Å²) in [5, 5.41) is 0. The number of hydrogen-bond acceptors (Lipinski definition) is 1. The van der Waals surface area contributed by atoms with E-state index in [0.29, 0.717) is 0 Å². The largest absolute Gasteiger partial charge is 0.333 e. The van der Waals surface area contributed by atoms with Gasteiger partial charge in [0.25, 0.3) is 15.0 Å². The van der Waals surface area contributed by atoms with Crippen LogP contribution in [0.25, 0.3) is 0 Å².